The van der Waals surface area contributed by atoms with Crippen LogP contribution in [0.5, 0.6) is 17.2 Å². The van der Waals surface area contributed by atoms with Gasteiger partial charge in [0.2, 0.25) is 11.7 Å². The number of hydrogen-bond acceptors (Lipinski definition) is 8. The molecule has 0 spiro atoms. The van der Waals surface area contributed by atoms with Gasteiger partial charge in [-0.25, -0.2) is 4.68 Å². The zero-order valence-corrected chi connectivity index (χ0v) is 18.0. The summed E-state index contributed by atoms with van der Waals surface area (Å²) in [6.45, 7) is 0. The Bertz CT molecular complexity index is 1180. The lowest BCUT2D eigenvalue weighted by Crippen LogP contribution is -2.33. The van der Waals surface area contributed by atoms with Crippen LogP contribution in [-0.2, 0) is 4.79 Å². The van der Waals surface area contributed by atoms with E-state index in [0.717, 1.165) is 16.8 Å². The third kappa shape index (κ3) is 3.17. The minimum absolute atomic E-state index is 0.0496. The van der Waals surface area contributed by atoms with E-state index in [1.807, 2.05) is 24.3 Å². The molecule has 5 rings (SSSR count). The Morgan fingerprint density at radius 1 is 1.06 bits per heavy atom. The number of anilines is 1. The molecule has 0 amide bonds. The van der Waals surface area contributed by atoms with Crippen molar-refractivity contribution in [3.05, 3.63) is 65.4 Å². The van der Waals surface area contributed by atoms with E-state index in [4.69, 9.17) is 14.2 Å². The number of carbonyl (C=O) groups excluding carboxylic acids is 1. The first kappa shape index (κ1) is 20.0. The molecule has 0 saturated heterocycles. The minimum Gasteiger partial charge on any atom is -0.493 e. The number of ketones is 1. The Hall–Kier alpha value is -3.88. The van der Waals surface area contributed by atoms with Crippen molar-refractivity contribution in [2.24, 2.45) is 0 Å². The molecule has 0 saturated carbocycles. The molecule has 2 atom stereocenters. The molecule has 2 aliphatic rings. The Kier molecular flexibility index (Phi) is 5.01. The number of pyridine rings is 1. The molecule has 3 heterocycles. The maximum atomic E-state index is 13.5. The van der Waals surface area contributed by atoms with E-state index in [1.165, 1.54) is 6.33 Å². The van der Waals surface area contributed by atoms with Crippen LogP contribution in [0.4, 0.5) is 5.95 Å². The Balaban J connectivity index is 1.57. The Morgan fingerprint density at radius 3 is 2.50 bits per heavy atom. The number of carbonyl (C=O) groups is 1. The van der Waals surface area contributed by atoms with Gasteiger partial charge in [-0.05, 0) is 41.7 Å². The molecule has 2 aromatic heterocycles. The molecule has 2 unspecified atom stereocenters. The second-order valence-electron chi connectivity index (χ2n) is 7.72. The van der Waals surface area contributed by atoms with Crippen molar-refractivity contribution in [1.29, 1.82) is 0 Å². The van der Waals surface area contributed by atoms with Gasteiger partial charge in [0.1, 0.15) is 12.4 Å². The molecule has 1 aliphatic heterocycles. The van der Waals surface area contributed by atoms with Crippen molar-refractivity contribution in [3.63, 3.8) is 0 Å². The summed E-state index contributed by atoms with van der Waals surface area (Å²) in [4.78, 5) is 22.1. The summed E-state index contributed by atoms with van der Waals surface area (Å²) in [5.74, 6) is 2.29. The number of nitrogens with one attached hydrogen (secondary N) is 1. The highest BCUT2D eigenvalue weighted by Crippen LogP contribution is 2.46. The van der Waals surface area contributed by atoms with Crippen LogP contribution in [0.3, 0.4) is 0 Å². The zero-order valence-electron chi connectivity index (χ0n) is 18.0. The van der Waals surface area contributed by atoms with Crippen LogP contribution in [0.2, 0.25) is 0 Å². The van der Waals surface area contributed by atoms with Crippen LogP contribution in [0.15, 0.2) is 54.3 Å². The standard InChI is InChI=1S/C23H23N5O4/c1-30-18-9-15(10-19(31-2)22(18)32-3)14-7-16-20(17(29)8-14)21(13-5-4-6-24-11-13)28-23(27-16)25-12-26-28/h4-6,9-12,14,21H,7-8H2,1-3H3,(H,25,26,27). The highest BCUT2D eigenvalue weighted by atomic mass is 16.5. The first-order chi connectivity index (χ1) is 15.6. The predicted octanol–water partition coefficient (Wildman–Crippen LogP) is 3.11. The van der Waals surface area contributed by atoms with Crippen LogP contribution in [0.25, 0.3) is 0 Å². The Morgan fingerprint density at radius 2 is 1.84 bits per heavy atom. The van der Waals surface area contributed by atoms with E-state index in [-0.39, 0.29) is 17.7 Å². The number of methoxy groups -OCH3 is 3. The molecule has 32 heavy (non-hydrogen) atoms. The molecule has 0 bridgehead atoms. The molecule has 0 fully saturated rings. The van der Waals surface area contributed by atoms with E-state index in [9.17, 15) is 4.79 Å². The molecule has 1 aliphatic carbocycles. The van der Waals surface area contributed by atoms with E-state index in [0.29, 0.717) is 41.6 Å². The van der Waals surface area contributed by atoms with Gasteiger partial charge < -0.3 is 19.5 Å². The van der Waals surface area contributed by atoms with Gasteiger partial charge in [-0.3, -0.25) is 9.78 Å². The second-order valence-corrected chi connectivity index (χ2v) is 7.72. The van der Waals surface area contributed by atoms with Crippen molar-refractivity contribution in [1.82, 2.24) is 19.7 Å². The summed E-state index contributed by atoms with van der Waals surface area (Å²) in [6, 6.07) is 7.28. The highest BCUT2D eigenvalue weighted by molar-refractivity contribution is 6.00. The summed E-state index contributed by atoms with van der Waals surface area (Å²) < 4.78 is 18.2. The van der Waals surface area contributed by atoms with Crippen LogP contribution < -0.4 is 19.5 Å². The lowest BCUT2D eigenvalue weighted by Gasteiger charge is -2.35. The molecule has 0 radical (unpaired) electrons. The molecule has 3 aromatic rings. The average Bonchev–Trinajstić information content (AvgIpc) is 3.30. The molecule has 1 aromatic carbocycles. The lowest BCUT2D eigenvalue weighted by molar-refractivity contribution is -0.116. The van der Waals surface area contributed by atoms with E-state index in [2.05, 4.69) is 20.4 Å². The molecule has 9 nitrogen and oxygen atoms in total. The van der Waals surface area contributed by atoms with Gasteiger partial charge in [-0.15, -0.1) is 0 Å². The number of fused-ring (bicyclic) bond motifs is 1. The van der Waals surface area contributed by atoms with Crippen LogP contribution in [-0.4, -0.2) is 46.9 Å². The number of allylic oxidation sites excluding steroid dienone is 2. The molecular formula is C23H23N5O4. The summed E-state index contributed by atoms with van der Waals surface area (Å²) >= 11 is 0. The van der Waals surface area contributed by atoms with Crippen molar-refractivity contribution in [2.45, 2.75) is 24.8 Å². The number of aromatic nitrogens is 4. The maximum Gasteiger partial charge on any atom is 0.226 e. The highest BCUT2D eigenvalue weighted by Gasteiger charge is 2.39. The largest absolute Gasteiger partial charge is 0.493 e. The van der Waals surface area contributed by atoms with Gasteiger partial charge in [0.15, 0.2) is 17.3 Å². The van der Waals surface area contributed by atoms with Crippen LogP contribution in [0.1, 0.15) is 35.9 Å². The maximum absolute atomic E-state index is 13.5. The molecular weight excluding hydrogens is 410 g/mol. The number of Topliss-reactive ketones (excluding diaryl/α,β-unsaturated/α-hetero) is 1. The minimum atomic E-state index is -0.356. The van der Waals surface area contributed by atoms with Crippen molar-refractivity contribution in [3.8, 4) is 17.2 Å². The smallest absolute Gasteiger partial charge is 0.226 e. The number of hydrogen-bond donors (Lipinski definition) is 1. The summed E-state index contributed by atoms with van der Waals surface area (Å²) in [5, 5.41) is 7.69. The second kappa shape index (κ2) is 7.99. The summed E-state index contributed by atoms with van der Waals surface area (Å²) in [6.07, 6.45) is 5.98. The normalized spacial score (nSPS) is 19.7. The number of ether oxygens (including phenoxy) is 3. The van der Waals surface area contributed by atoms with Gasteiger partial charge >= 0.3 is 0 Å². The van der Waals surface area contributed by atoms with Crippen LogP contribution in [0, 0.1) is 0 Å². The average molecular weight is 433 g/mol. The van der Waals surface area contributed by atoms with Crippen molar-refractivity contribution < 1.29 is 19.0 Å². The van der Waals surface area contributed by atoms with Gasteiger partial charge in [0.05, 0.1) is 21.3 Å². The van der Waals surface area contributed by atoms with E-state index >= 15 is 0 Å². The van der Waals surface area contributed by atoms with Gasteiger partial charge in [-0.1, -0.05) is 6.07 Å². The van der Waals surface area contributed by atoms with Gasteiger partial charge in [-0.2, -0.15) is 10.1 Å². The fourth-order valence-electron chi connectivity index (χ4n) is 4.57. The Labute approximate surface area is 185 Å². The lowest BCUT2D eigenvalue weighted by atomic mass is 9.78. The number of benzene rings is 1. The third-order valence-corrected chi connectivity index (χ3v) is 6.02. The van der Waals surface area contributed by atoms with Crippen molar-refractivity contribution in [2.75, 3.05) is 26.6 Å². The summed E-state index contributed by atoms with van der Waals surface area (Å²) in [5.41, 5.74) is 3.41. The number of rotatable bonds is 5. The van der Waals surface area contributed by atoms with Gasteiger partial charge in [0.25, 0.3) is 0 Å². The summed E-state index contributed by atoms with van der Waals surface area (Å²) in [7, 11) is 4.74. The topological polar surface area (TPSA) is 100 Å². The molecule has 164 valence electrons. The quantitative estimate of drug-likeness (QED) is 0.655. The van der Waals surface area contributed by atoms with Crippen molar-refractivity contribution >= 4 is 11.7 Å². The third-order valence-electron chi connectivity index (χ3n) is 6.02. The number of nitrogens with zero attached hydrogens (tertiary/aromatic N) is 4. The SMILES string of the molecule is COc1cc(C2CC(=O)C3=C(C2)Nc2ncnn2C3c2cccnc2)cc(OC)c1OC. The first-order valence-corrected chi connectivity index (χ1v) is 10.3. The molecule has 9 heteroatoms. The van der Waals surface area contributed by atoms with E-state index in [1.54, 1.807) is 38.4 Å². The monoisotopic (exact) mass is 433 g/mol. The first-order valence-electron chi connectivity index (χ1n) is 10.3. The van der Waals surface area contributed by atoms with Gasteiger partial charge in [0, 0.05) is 30.1 Å². The van der Waals surface area contributed by atoms with Crippen LogP contribution >= 0.6 is 0 Å². The zero-order chi connectivity index (χ0) is 22.2. The molecule has 1 N–H and O–H groups in total. The predicted molar refractivity (Wildman–Crippen MR) is 116 cm³/mol. The fraction of sp³-hybridized carbons (Fsp3) is 0.304. The van der Waals surface area contributed by atoms with E-state index < -0.39 is 0 Å². The fourth-order valence-corrected chi connectivity index (χ4v) is 4.57.